The Labute approximate surface area is 138 Å². The van der Waals surface area contributed by atoms with E-state index in [2.05, 4.69) is 40.8 Å². The largest absolute Gasteiger partial charge is 0.398 e. The number of aryl methyl sites for hydroxylation is 1. The molecule has 1 aliphatic rings. The van der Waals surface area contributed by atoms with Gasteiger partial charge in [-0.2, -0.15) is 0 Å². The first kappa shape index (κ1) is 14.4. The highest BCUT2D eigenvalue weighted by Gasteiger charge is 2.21. The fourth-order valence-electron chi connectivity index (χ4n) is 2.77. The highest BCUT2D eigenvalue weighted by molar-refractivity contribution is 14.1. The Bertz CT molecular complexity index is 684. The number of fused-ring (bicyclic) bond motifs is 1. The molecule has 2 aromatic rings. The molecule has 0 saturated carbocycles. The topological polar surface area (TPSA) is 46.3 Å². The molecule has 4 heteroatoms. The molecule has 0 radical (unpaired) electrons. The highest BCUT2D eigenvalue weighted by atomic mass is 127. The van der Waals surface area contributed by atoms with Crippen LogP contribution in [0.2, 0.25) is 0 Å². The molecule has 0 unspecified atom stereocenters. The molecule has 0 fully saturated rings. The Morgan fingerprint density at radius 3 is 2.67 bits per heavy atom. The average molecular weight is 392 g/mol. The zero-order valence-corrected chi connectivity index (χ0v) is 13.8. The molecule has 0 aromatic heterocycles. The van der Waals surface area contributed by atoms with E-state index in [9.17, 15) is 4.79 Å². The van der Waals surface area contributed by atoms with Gasteiger partial charge in [0.25, 0.3) is 5.91 Å². The van der Waals surface area contributed by atoms with Crippen molar-refractivity contribution in [1.29, 1.82) is 0 Å². The van der Waals surface area contributed by atoms with E-state index in [-0.39, 0.29) is 5.91 Å². The molecule has 108 valence electrons. The number of carbonyl (C=O) groups is 1. The molecule has 0 bridgehead atoms. The maximum Gasteiger partial charge on any atom is 0.256 e. The van der Waals surface area contributed by atoms with Crippen molar-refractivity contribution in [3.63, 3.8) is 0 Å². The second-order valence-electron chi connectivity index (χ2n) is 5.33. The number of amides is 1. The lowest BCUT2D eigenvalue weighted by molar-refractivity contribution is 0.0747. The van der Waals surface area contributed by atoms with Gasteiger partial charge in [0.1, 0.15) is 0 Å². The average Bonchev–Trinajstić information content (AvgIpc) is 2.68. The first-order chi connectivity index (χ1) is 10.1. The first-order valence-electron chi connectivity index (χ1n) is 7.06. The van der Waals surface area contributed by atoms with Crippen LogP contribution in [0.1, 0.15) is 27.9 Å². The molecule has 2 N–H and O–H groups in total. The normalized spacial score (nSPS) is 14.4. The quantitative estimate of drug-likeness (QED) is 0.597. The molecule has 3 rings (SSSR count). The third kappa shape index (κ3) is 3.05. The molecular formula is C17H17IN2O. The van der Waals surface area contributed by atoms with E-state index in [4.69, 9.17) is 5.73 Å². The maximum atomic E-state index is 12.7. The van der Waals surface area contributed by atoms with Gasteiger partial charge in [0.2, 0.25) is 0 Å². The summed E-state index contributed by atoms with van der Waals surface area (Å²) in [5, 5.41) is 0. The van der Waals surface area contributed by atoms with E-state index >= 15 is 0 Å². The lowest BCUT2D eigenvalue weighted by Gasteiger charge is -2.22. The van der Waals surface area contributed by atoms with E-state index in [1.165, 1.54) is 11.1 Å². The number of rotatable bonds is 1. The SMILES string of the molecule is Nc1cc(I)ccc1C(=O)N1CCCc2ccccc2C1. The van der Waals surface area contributed by atoms with E-state index in [0.29, 0.717) is 17.8 Å². The number of carbonyl (C=O) groups excluding carboxylic acids is 1. The van der Waals surface area contributed by atoms with Gasteiger partial charge < -0.3 is 10.6 Å². The van der Waals surface area contributed by atoms with Crippen molar-refractivity contribution in [3.05, 3.63) is 62.7 Å². The van der Waals surface area contributed by atoms with Crippen molar-refractivity contribution < 1.29 is 4.79 Å². The lowest BCUT2D eigenvalue weighted by Crippen LogP contribution is -2.31. The van der Waals surface area contributed by atoms with Crippen LogP contribution in [-0.4, -0.2) is 17.4 Å². The number of hydrogen-bond acceptors (Lipinski definition) is 2. The molecule has 0 aliphatic carbocycles. The Morgan fingerprint density at radius 1 is 1.14 bits per heavy atom. The Kier molecular flexibility index (Phi) is 4.14. The van der Waals surface area contributed by atoms with Crippen molar-refractivity contribution >= 4 is 34.2 Å². The zero-order chi connectivity index (χ0) is 14.8. The van der Waals surface area contributed by atoms with Crippen molar-refractivity contribution in [3.8, 4) is 0 Å². The minimum atomic E-state index is 0.0283. The van der Waals surface area contributed by atoms with Gasteiger partial charge >= 0.3 is 0 Å². The minimum Gasteiger partial charge on any atom is -0.398 e. The van der Waals surface area contributed by atoms with Crippen molar-refractivity contribution in [2.75, 3.05) is 12.3 Å². The molecule has 0 spiro atoms. The summed E-state index contributed by atoms with van der Waals surface area (Å²) < 4.78 is 1.04. The Hall–Kier alpha value is -1.56. The summed E-state index contributed by atoms with van der Waals surface area (Å²) in [5.74, 6) is 0.0283. The van der Waals surface area contributed by atoms with Crippen LogP contribution in [0.15, 0.2) is 42.5 Å². The van der Waals surface area contributed by atoms with Gasteiger partial charge in [-0.05, 0) is 64.8 Å². The van der Waals surface area contributed by atoms with Gasteiger partial charge in [0.15, 0.2) is 0 Å². The van der Waals surface area contributed by atoms with Crippen molar-refractivity contribution in [2.24, 2.45) is 0 Å². The number of benzene rings is 2. The van der Waals surface area contributed by atoms with Gasteiger partial charge in [0.05, 0.1) is 5.56 Å². The van der Waals surface area contributed by atoms with Gasteiger partial charge in [-0.3, -0.25) is 4.79 Å². The van der Waals surface area contributed by atoms with Crippen LogP contribution < -0.4 is 5.73 Å². The number of anilines is 1. The van der Waals surface area contributed by atoms with Gasteiger partial charge in [-0.15, -0.1) is 0 Å². The summed E-state index contributed by atoms with van der Waals surface area (Å²) >= 11 is 2.20. The first-order valence-corrected chi connectivity index (χ1v) is 8.14. The third-order valence-corrected chi connectivity index (χ3v) is 4.56. The Balaban J connectivity index is 1.88. The Morgan fingerprint density at radius 2 is 1.90 bits per heavy atom. The van der Waals surface area contributed by atoms with Gasteiger partial charge in [-0.25, -0.2) is 0 Å². The fraction of sp³-hybridized carbons (Fsp3) is 0.235. The molecule has 0 saturated heterocycles. The van der Waals surface area contributed by atoms with Gasteiger partial charge in [0, 0.05) is 22.3 Å². The molecular weight excluding hydrogens is 375 g/mol. The summed E-state index contributed by atoms with van der Waals surface area (Å²) in [4.78, 5) is 14.6. The van der Waals surface area contributed by atoms with Crippen molar-refractivity contribution in [1.82, 2.24) is 4.90 Å². The number of nitrogens with two attached hydrogens (primary N) is 1. The van der Waals surface area contributed by atoms with Crippen LogP contribution >= 0.6 is 22.6 Å². The molecule has 21 heavy (non-hydrogen) atoms. The number of halogens is 1. The number of nitrogens with zero attached hydrogens (tertiary/aromatic N) is 1. The van der Waals surface area contributed by atoms with Crippen LogP contribution in [0.3, 0.4) is 0 Å². The molecule has 3 nitrogen and oxygen atoms in total. The summed E-state index contributed by atoms with van der Waals surface area (Å²) in [6, 6.07) is 14.0. The van der Waals surface area contributed by atoms with Crippen LogP contribution in [0.5, 0.6) is 0 Å². The smallest absolute Gasteiger partial charge is 0.256 e. The highest BCUT2D eigenvalue weighted by Crippen LogP contribution is 2.23. The van der Waals surface area contributed by atoms with E-state index in [0.717, 1.165) is 23.0 Å². The number of nitrogen functional groups attached to an aromatic ring is 1. The molecule has 1 aliphatic heterocycles. The number of hydrogen-bond donors (Lipinski definition) is 1. The maximum absolute atomic E-state index is 12.7. The monoisotopic (exact) mass is 392 g/mol. The van der Waals surface area contributed by atoms with Crippen LogP contribution in [0.25, 0.3) is 0 Å². The standard InChI is InChI=1S/C17H17IN2O/c18-14-7-8-15(16(19)10-14)17(21)20-9-3-6-12-4-1-2-5-13(12)11-20/h1-2,4-5,7-8,10H,3,6,9,11,19H2. The summed E-state index contributed by atoms with van der Waals surface area (Å²) in [7, 11) is 0. The predicted octanol–water partition coefficient (Wildman–Crippen LogP) is 3.46. The second kappa shape index (κ2) is 6.05. The summed E-state index contributed by atoms with van der Waals surface area (Å²) in [6.07, 6.45) is 2.02. The van der Waals surface area contributed by atoms with Crippen LogP contribution in [-0.2, 0) is 13.0 Å². The molecule has 1 amide bonds. The summed E-state index contributed by atoms with van der Waals surface area (Å²) in [6.45, 7) is 1.44. The molecule has 0 atom stereocenters. The van der Waals surface area contributed by atoms with Gasteiger partial charge in [-0.1, -0.05) is 24.3 Å². The van der Waals surface area contributed by atoms with E-state index in [1.54, 1.807) is 0 Å². The molecule has 1 heterocycles. The van der Waals surface area contributed by atoms with Crippen molar-refractivity contribution in [2.45, 2.75) is 19.4 Å². The minimum absolute atomic E-state index is 0.0283. The zero-order valence-electron chi connectivity index (χ0n) is 11.7. The van der Waals surface area contributed by atoms with E-state index < -0.39 is 0 Å². The predicted molar refractivity (Wildman–Crippen MR) is 93.1 cm³/mol. The fourth-order valence-corrected chi connectivity index (χ4v) is 3.29. The second-order valence-corrected chi connectivity index (χ2v) is 6.58. The van der Waals surface area contributed by atoms with E-state index in [1.807, 2.05) is 29.2 Å². The molecule has 2 aromatic carbocycles. The summed E-state index contributed by atoms with van der Waals surface area (Å²) in [5.41, 5.74) is 9.77. The lowest BCUT2D eigenvalue weighted by atomic mass is 10.0. The van der Waals surface area contributed by atoms with Crippen LogP contribution in [0.4, 0.5) is 5.69 Å². The third-order valence-electron chi connectivity index (χ3n) is 3.88. The van der Waals surface area contributed by atoms with Crippen LogP contribution in [0, 0.1) is 3.57 Å².